The van der Waals surface area contributed by atoms with Crippen LogP contribution in [0, 0.1) is 0 Å². The highest BCUT2D eigenvalue weighted by atomic mass is 16.3. The number of hydrogen-bond donors (Lipinski definition) is 2. The second-order valence-corrected chi connectivity index (χ2v) is 5.99. The Morgan fingerprint density at radius 1 is 1.10 bits per heavy atom. The van der Waals surface area contributed by atoms with Crippen LogP contribution in [0.1, 0.15) is 37.0 Å². The Hall–Kier alpha value is -1.64. The molecule has 1 aliphatic rings. The zero-order chi connectivity index (χ0) is 14.3. The minimum atomic E-state index is -0.998. The molecule has 2 heteroatoms. The van der Waals surface area contributed by atoms with Gasteiger partial charge in [-0.15, -0.1) is 0 Å². The lowest BCUT2D eigenvalue weighted by atomic mass is 9.85. The van der Waals surface area contributed by atoms with Gasteiger partial charge in [0.15, 0.2) is 0 Å². The summed E-state index contributed by atoms with van der Waals surface area (Å²) in [6, 6.07) is 14.5. The van der Waals surface area contributed by atoms with Gasteiger partial charge >= 0.3 is 0 Å². The summed E-state index contributed by atoms with van der Waals surface area (Å²) in [5.74, 6) is 0. The Labute approximate surface area is 119 Å². The highest BCUT2D eigenvalue weighted by Gasteiger charge is 2.31. The van der Waals surface area contributed by atoms with Crippen LogP contribution in [0.2, 0.25) is 0 Å². The SMILES string of the molecule is CC(O)CC(C)(O)c1cccc2c1Cc1ccccc1-2. The van der Waals surface area contributed by atoms with Gasteiger partial charge in [0.05, 0.1) is 11.7 Å². The van der Waals surface area contributed by atoms with E-state index < -0.39 is 11.7 Å². The Morgan fingerprint density at radius 2 is 1.80 bits per heavy atom. The topological polar surface area (TPSA) is 40.5 Å². The van der Waals surface area contributed by atoms with Gasteiger partial charge < -0.3 is 10.2 Å². The first-order valence-corrected chi connectivity index (χ1v) is 7.10. The Bertz CT molecular complexity index is 642. The van der Waals surface area contributed by atoms with Gasteiger partial charge in [-0.3, -0.25) is 0 Å². The first-order valence-electron chi connectivity index (χ1n) is 7.10. The fraction of sp³-hybridized carbons (Fsp3) is 0.333. The molecule has 2 aromatic rings. The lowest BCUT2D eigenvalue weighted by Gasteiger charge is -2.27. The molecule has 1 aliphatic carbocycles. The molecule has 2 nitrogen and oxygen atoms in total. The van der Waals surface area contributed by atoms with E-state index in [-0.39, 0.29) is 0 Å². The van der Waals surface area contributed by atoms with Crippen LogP contribution in [-0.2, 0) is 12.0 Å². The van der Waals surface area contributed by atoms with Gasteiger partial charge in [-0.05, 0) is 48.1 Å². The molecule has 0 radical (unpaired) electrons. The minimum absolute atomic E-state index is 0.347. The zero-order valence-electron chi connectivity index (χ0n) is 11.9. The van der Waals surface area contributed by atoms with Gasteiger partial charge in [0.25, 0.3) is 0 Å². The molecule has 0 aliphatic heterocycles. The molecule has 2 atom stereocenters. The predicted octanol–water partition coefficient (Wildman–Crippen LogP) is 3.24. The standard InChI is InChI=1S/C18H20O2/c1-12(19)11-18(2,20)17-9-5-8-15-14-7-4-3-6-13(14)10-16(15)17/h3-9,12,19-20H,10-11H2,1-2H3. The summed E-state index contributed by atoms with van der Waals surface area (Å²) in [5, 5.41) is 20.4. The van der Waals surface area contributed by atoms with Crippen molar-refractivity contribution in [3.63, 3.8) is 0 Å². The second kappa shape index (κ2) is 4.72. The molecule has 20 heavy (non-hydrogen) atoms. The predicted molar refractivity (Wildman–Crippen MR) is 80.6 cm³/mol. The summed E-state index contributed by atoms with van der Waals surface area (Å²) < 4.78 is 0. The van der Waals surface area contributed by atoms with Crippen molar-refractivity contribution in [1.82, 2.24) is 0 Å². The molecule has 0 amide bonds. The van der Waals surface area contributed by atoms with E-state index in [1.165, 1.54) is 22.3 Å². The van der Waals surface area contributed by atoms with Crippen molar-refractivity contribution in [3.8, 4) is 11.1 Å². The third-order valence-corrected chi connectivity index (χ3v) is 4.12. The van der Waals surface area contributed by atoms with Crippen LogP contribution in [-0.4, -0.2) is 16.3 Å². The molecule has 3 rings (SSSR count). The van der Waals surface area contributed by atoms with Crippen LogP contribution in [0.15, 0.2) is 42.5 Å². The van der Waals surface area contributed by atoms with Crippen LogP contribution >= 0.6 is 0 Å². The van der Waals surface area contributed by atoms with E-state index in [1.54, 1.807) is 13.8 Å². The maximum atomic E-state index is 10.7. The summed E-state index contributed by atoms with van der Waals surface area (Å²) in [4.78, 5) is 0. The number of aliphatic hydroxyl groups is 2. The zero-order valence-corrected chi connectivity index (χ0v) is 11.9. The average molecular weight is 268 g/mol. The highest BCUT2D eigenvalue weighted by Crippen LogP contribution is 2.41. The first kappa shape index (κ1) is 13.3. The normalized spacial score (nSPS) is 17.2. The summed E-state index contributed by atoms with van der Waals surface area (Å²) >= 11 is 0. The molecule has 2 aromatic carbocycles. The van der Waals surface area contributed by atoms with E-state index in [9.17, 15) is 10.2 Å². The van der Waals surface area contributed by atoms with Crippen molar-refractivity contribution >= 4 is 0 Å². The number of benzene rings is 2. The molecule has 0 saturated carbocycles. The van der Waals surface area contributed by atoms with Crippen LogP contribution < -0.4 is 0 Å². The largest absolute Gasteiger partial charge is 0.393 e. The van der Waals surface area contributed by atoms with Crippen molar-refractivity contribution in [2.75, 3.05) is 0 Å². The first-order chi connectivity index (χ1) is 9.49. The van der Waals surface area contributed by atoms with Crippen molar-refractivity contribution < 1.29 is 10.2 Å². The molecular formula is C18H20O2. The molecule has 2 N–H and O–H groups in total. The molecule has 0 heterocycles. The van der Waals surface area contributed by atoms with E-state index in [1.807, 2.05) is 12.1 Å². The van der Waals surface area contributed by atoms with E-state index >= 15 is 0 Å². The molecule has 0 fully saturated rings. The summed E-state index contributed by atoms with van der Waals surface area (Å²) in [6.45, 7) is 3.50. The number of rotatable bonds is 3. The van der Waals surface area contributed by atoms with E-state index in [0.29, 0.717) is 6.42 Å². The number of aliphatic hydroxyl groups excluding tert-OH is 1. The molecule has 2 unspecified atom stereocenters. The smallest absolute Gasteiger partial charge is 0.0896 e. The van der Waals surface area contributed by atoms with Crippen molar-refractivity contribution in [3.05, 3.63) is 59.2 Å². The van der Waals surface area contributed by atoms with Crippen molar-refractivity contribution in [1.29, 1.82) is 0 Å². The van der Waals surface area contributed by atoms with E-state index in [2.05, 4.69) is 30.3 Å². The quantitative estimate of drug-likeness (QED) is 0.765. The van der Waals surface area contributed by atoms with Crippen LogP contribution in [0.3, 0.4) is 0 Å². The molecule has 0 saturated heterocycles. The van der Waals surface area contributed by atoms with E-state index in [0.717, 1.165) is 12.0 Å². The van der Waals surface area contributed by atoms with Crippen LogP contribution in [0.4, 0.5) is 0 Å². The molecular weight excluding hydrogens is 248 g/mol. The molecule has 0 bridgehead atoms. The monoisotopic (exact) mass is 268 g/mol. The fourth-order valence-electron chi connectivity index (χ4n) is 3.35. The summed E-state index contributed by atoms with van der Waals surface area (Å²) in [6.07, 6.45) is 0.682. The van der Waals surface area contributed by atoms with Gasteiger partial charge in [-0.1, -0.05) is 42.5 Å². The number of fused-ring (bicyclic) bond motifs is 3. The Balaban J connectivity index is 2.10. The number of hydrogen-bond acceptors (Lipinski definition) is 2. The average Bonchev–Trinajstić information content (AvgIpc) is 2.75. The Kier molecular flexibility index (Phi) is 3.15. The van der Waals surface area contributed by atoms with Gasteiger partial charge in [-0.2, -0.15) is 0 Å². The molecule has 0 aromatic heterocycles. The van der Waals surface area contributed by atoms with Gasteiger partial charge in [0.1, 0.15) is 0 Å². The van der Waals surface area contributed by atoms with Crippen molar-refractivity contribution in [2.45, 2.75) is 38.4 Å². The van der Waals surface area contributed by atoms with Gasteiger partial charge in [0.2, 0.25) is 0 Å². The Morgan fingerprint density at radius 3 is 2.55 bits per heavy atom. The fourth-order valence-corrected chi connectivity index (χ4v) is 3.35. The van der Waals surface area contributed by atoms with Gasteiger partial charge in [-0.25, -0.2) is 0 Å². The van der Waals surface area contributed by atoms with Crippen LogP contribution in [0.5, 0.6) is 0 Å². The third-order valence-electron chi connectivity index (χ3n) is 4.12. The maximum absolute atomic E-state index is 10.7. The second-order valence-electron chi connectivity index (χ2n) is 5.99. The minimum Gasteiger partial charge on any atom is -0.393 e. The van der Waals surface area contributed by atoms with Gasteiger partial charge in [0, 0.05) is 6.42 Å². The lowest BCUT2D eigenvalue weighted by Crippen LogP contribution is -2.27. The summed E-state index contributed by atoms with van der Waals surface area (Å²) in [7, 11) is 0. The van der Waals surface area contributed by atoms with E-state index in [4.69, 9.17) is 0 Å². The third kappa shape index (κ3) is 2.15. The van der Waals surface area contributed by atoms with Crippen molar-refractivity contribution in [2.24, 2.45) is 0 Å². The molecule has 104 valence electrons. The lowest BCUT2D eigenvalue weighted by molar-refractivity contribution is 0.00513. The van der Waals surface area contributed by atoms with Crippen LogP contribution in [0.25, 0.3) is 11.1 Å². The molecule has 0 spiro atoms. The maximum Gasteiger partial charge on any atom is 0.0896 e. The highest BCUT2D eigenvalue weighted by molar-refractivity contribution is 5.78. The summed E-state index contributed by atoms with van der Waals surface area (Å²) in [5.41, 5.74) is 4.91.